The van der Waals surface area contributed by atoms with Gasteiger partial charge in [0, 0.05) is 35.7 Å². The Bertz CT molecular complexity index is 342. The second-order valence-electron chi connectivity index (χ2n) is 5.46. The third-order valence-electron chi connectivity index (χ3n) is 3.78. The average molecular weight is 252 g/mol. The molecular formula is C13H20N2OS. The number of aromatic nitrogens is 1. The van der Waals surface area contributed by atoms with E-state index in [0.29, 0.717) is 5.41 Å². The zero-order valence-electron chi connectivity index (χ0n) is 10.2. The molecule has 2 heterocycles. The van der Waals surface area contributed by atoms with Gasteiger partial charge in [0.25, 0.3) is 0 Å². The Kier molecular flexibility index (Phi) is 3.45. The lowest BCUT2D eigenvalue weighted by Gasteiger charge is -2.37. The Labute approximate surface area is 107 Å². The van der Waals surface area contributed by atoms with Crippen molar-refractivity contribution in [2.45, 2.75) is 38.1 Å². The van der Waals surface area contributed by atoms with Crippen molar-refractivity contribution in [3.63, 3.8) is 0 Å². The van der Waals surface area contributed by atoms with Crippen molar-refractivity contribution in [2.75, 3.05) is 19.8 Å². The van der Waals surface area contributed by atoms with Crippen LogP contribution in [0.5, 0.6) is 0 Å². The molecule has 94 valence electrons. The van der Waals surface area contributed by atoms with E-state index >= 15 is 0 Å². The summed E-state index contributed by atoms with van der Waals surface area (Å²) in [5, 5.41) is 3.68. The van der Waals surface area contributed by atoms with E-state index < -0.39 is 0 Å². The van der Waals surface area contributed by atoms with E-state index in [4.69, 9.17) is 4.74 Å². The van der Waals surface area contributed by atoms with Gasteiger partial charge in [0.15, 0.2) is 0 Å². The van der Waals surface area contributed by atoms with Crippen LogP contribution in [0, 0.1) is 5.41 Å². The molecule has 4 heteroatoms. The van der Waals surface area contributed by atoms with Crippen LogP contribution in [-0.2, 0) is 11.2 Å². The zero-order chi connectivity index (χ0) is 11.6. The molecule has 0 amide bonds. The van der Waals surface area contributed by atoms with Crippen LogP contribution in [0.2, 0.25) is 0 Å². The molecular weight excluding hydrogens is 232 g/mol. The molecule has 1 atom stereocenters. The van der Waals surface area contributed by atoms with E-state index in [1.807, 2.05) is 11.7 Å². The molecule has 1 aromatic heterocycles. The normalized spacial score (nSPS) is 29.4. The summed E-state index contributed by atoms with van der Waals surface area (Å²) < 4.78 is 5.73. The van der Waals surface area contributed by atoms with Gasteiger partial charge in [0.05, 0.1) is 12.1 Å². The highest BCUT2D eigenvalue weighted by atomic mass is 32.1. The molecule has 0 radical (unpaired) electrons. The van der Waals surface area contributed by atoms with Gasteiger partial charge in [-0.15, -0.1) is 11.3 Å². The van der Waals surface area contributed by atoms with Gasteiger partial charge in [-0.3, -0.25) is 4.98 Å². The summed E-state index contributed by atoms with van der Waals surface area (Å²) in [4.78, 5) is 5.58. The highest BCUT2D eigenvalue weighted by Gasteiger charge is 2.35. The maximum atomic E-state index is 5.73. The van der Waals surface area contributed by atoms with E-state index in [9.17, 15) is 0 Å². The highest BCUT2D eigenvalue weighted by molar-refractivity contribution is 7.09. The van der Waals surface area contributed by atoms with Crippen LogP contribution in [0.1, 0.15) is 30.6 Å². The number of hydrogen-bond acceptors (Lipinski definition) is 4. The summed E-state index contributed by atoms with van der Waals surface area (Å²) >= 11 is 1.77. The van der Waals surface area contributed by atoms with Crippen molar-refractivity contribution in [3.05, 3.63) is 16.6 Å². The summed E-state index contributed by atoms with van der Waals surface area (Å²) in [6.07, 6.45) is 8.33. The molecule has 1 aromatic rings. The van der Waals surface area contributed by atoms with Gasteiger partial charge in [-0.25, -0.2) is 0 Å². The molecule has 1 N–H and O–H groups in total. The molecule has 17 heavy (non-hydrogen) atoms. The SMILES string of the molecule is c1ncc(CC2(CNC3CC3)CCCOC2)s1. The maximum absolute atomic E-state index is 5.73. The first-order chi connectivity index (χ1) is 8.36. The summed E-state index contributed by atoms with van der Waals surface area (Å²) in [5.74, 6) is 0. The molecule has 1 saturated carbocycles. The van der Waals surface area contributed by atoms with E-state index in [2.05, 4.69) is 10.3 Å². The third-order valence-corrected chi connectivity index (χ3v) is 4.56. The summed E-state index contributed by atoms with van der Waals surface area (Å²) in [5.41, 5.74) is 2.24. The first-order valence-electron chi connectivity index (χ1n) is 6.55. The first-order valence-corrected chi connectivity index (χ1v) is 7.43. The summed E-state index contributed by atoms with van der Waals surface area (Å²) in [7, 11) is 0. The number of nitrogens with zero attached hydrogens (tertiary/aromatic N) is 1. The molecule has 1 aliphatic carbocycles. The molecule has 2 fully saturated rings. The van der Waals surface area contributed by atoms with Crippen LogP contribution in [0.3, 0.4) is 0 Å². The third kappa shape index (κ3) is 3.06. The number of nitrogens with one attached hydrogen (secondary N) is 1. The molecule has 1 aliphatic heterocycles. The van der Waals surface area contributed by atoms with Gasteiger partial charge < -0.3 is 10.1 Å². The topological polar surface area (TPSA) is 34.2 Å². The quantitative estimate of drug-likeness (QED) is 0.872. The number of thiazole rings is 1. The number of ether oxygens (including phenoxy) is 1. The Hall–Kier alpha value is -0.450. The van der Waals surface area contributed by atoms with Gasteiger partial charge in [0.1, 0.15) is 0 Å². The van der Waals surface area contributed by atoms with E-state index in [1.165, 1.54) is 30.6 Å². The fourth-order valence-corrected chi connectivity index (χ4v) is 3.37. The second kappa shape index (κ2) is 5.04. The van der Waals surface area contributed by atoms with Crippen molar-refractivity contribution in [3.8, 4) is 0 Å². The predicted molar refractivity (Wildman–Crippen MR) is 69.3 cm³/mol. The lowest BCUT2D eigenvalue weighted by Crippen LogP contribution is -2.43. The van der Waals surface area contributed by atoms with Gasteiger partial charge in [-0.1, -0.05) is 0 Å². The minimum Gasteiger partial charge on any atom is -0.381 e. The highest BCUT2D eigenvalue weighted by Crippen LogP contribution is 2.34. The largest absolute Gasteiger partial charge is 0.381 e. The van der Waals surface area contributed by atoms with Crippen molar-refractivity contribution < 1.29 is 4.74 Å². The standard InChI is InChI=1S/C13H20N2OS/c1-4-13(9-16-5-1,8-15-11-2-3-11)6-12-7-14-10-17-12/h7,10-11,15H,1-6,8-9H2. The fraction of sp³-hybridized carbons (Fsp3) is 0.769. The molecule has 2 aliphatic rings. The monoisotopic (exact) mass is 252 g/mol. The Balaban J connectivity index is 1.65. The van der Waals surface area contributed by atoms with E-state index in [-0.39, 0.29) is 0 Å². The van der Waals surface area contributed by atoms with Gasteiger partial charge in [-0.2, -0.15) is 0 Å². The summed E-state index contributed by atoms with van der Waals surface area (Å²) in [6, 6.07) is 0.787. The van der Waals surface area contributed by atoms with Crippen LogP contribution in [0.4, 0.5) is 0 Å². The lowest BCUT2D eigenvalue weighted by atomic mass is 9.79. The minimum absolute atomic E-state index is 0.313. The zero-order valence-corrected chi connectivity index (χ0v) is 11.0. The van der Waals surface area contributed by atoms with Gasteiger partial charge >= 0.3 is 0 Å². The smallest absolute Gasteiger partial charge is 0.0794 e. The average Bonchev–Trinajstić information content (AvgIpc) is 3.06. The fourth-order valence-electron chi connectivity index (χ4n) is 2.60. The molecule has 3 nitrogen and oxygen atoms in total. The van der Waals surface area contributed by atoms with Crippen molar-refractivity contribution in [1.29, 1.82) is 0 Å². The van der Waals surface area contributed by atoms with Crippen LogP contribution in [0.15, 0.2) is 11.7 Å². The number of rotatable bonds is 5. The van der Waals surface area contributed by atoms with Crippen molar-refractivity contribution in [2.24, 2.45) is 5.41 Å². The van der Waals surface area contributed by atoms with Gasteiger partial charge in [0.2, 0.25) is 0 Å². The Morgan fingerprint density at radius 3 is 3.12 bits per heavy atom. The van der Waals surface area contributed by atoms with Crippen LogP contribution >= 0.6 is 11.3 Å². The number of hydrogen-bond donors (Lipinski definition) is 1. The van der Waals surface area contributed by atoms with E-state index in [1.54, 1.807) is 11.3 Å². The van der Waals surface area contributed by atoms with Gasteiger partial charge in [-0.05, 0) is 32.1 Å². The molecule has 0 bridgehead atoms. The van der Waals surface area contributed by atoms with E-state index in [0.717, 1.165) is 32.2 Å². The molecule has 3 rings (SSSR count). The summed E-state index contributed by atoms with van der Waals surface area (Å²) in [6.45, 7) is 2.95. The molecule has 1 unspecified atom stereocenters. The minimum atomic E-state index is 0.313. The van der Waals surface area contributed by atoms with Crippen molar-refractivity contribution >= 4 is 11.3 Å². The lowest BCUT2D eigenvalue weighted by molar-refractivity contribution is -0.00695. The Morgan fingerprint density at radius 2 is 2.47 bits per heavy atom. The molecule has 0 spiro atoms. The van der Waals surface area contributed by atoms with Crippen LogP contribution in [-0.4, -0.2) is 30.8 Å². The first kappa shape index (κ1) is 11.6. The predicted octanol–water partition coefficient (Wildman–Crippen LogP) is 2.23. The maximum Gasteiger partial charge on any atom is 0.0794 e. The van der Waals surface area contributed by atoms with Crippen LogP contribution < -0.4 is 5.32 Å². The van der Waals surface area contributed by atoms with Crippen molar-refractivity contribution in [1.82, 2.24) is 10.3 Å². The molecule has 1 saturated heterocycles. The van der Waals surface area contributed by atoms with Crippen LogP contribution in [0.25, 0.3) is 0 Å². The Morgan fingerprint density at radius 1 is 1.53 bits per heavy atom. The second-order valence-corrected chi connectivity index (χ2v) is 6.43. The molecule has 0 aromatic carbocycles.